The molecule has 1 aromatic heterocycles. The third-order valence-electron chi connectivity index (χ3n) is 3.79. The van der Waals surface area contributed by atoms with Crippen molar-refractivity contribution in [2.45, 2.75) is 76.8 Å². The molecule has 21 heavy (non-hydrogen) atoms. The van der Waals surface area contributed by atoms with E-state index < -0.39 is 0 Å². The third kappa shape index (κ3) is 5.26. The lowest BCUT2D eigenvalue weighted by Gasteiger charge is -2.20. The van der Waals surface area contributed by atoms with Crippen LogP contribution in [0.5, 0.6) is 0 Å². The average molecular weight is 308 g/mol. The highest BCUT2D eigenvalue weighted by molar-refractivity contribution is 7.99. The average Bonchev–Trinajstić information content (AvgIpc) is 3.16. The van der Waals surface area contributed by atoms with Crippen LogP contribution < -0.4 is 5.32 Å². The summed E-state index contributed by atoms with van der Waals surface area (Å²) in [5.74, 6) is 2.34. The minimum absolute atomic E-state index is 0.255. The van der Waals surface area contributed by atoms with Gasteiger partial charge in [-0.2, -0.15) is 0 Å². The van der Waals surface area contributed by atoms with Gasteiger partial charge in [0.2, 0.25) is 0 Å². The Bertz CT molecular complexity index is 466. The second kappa shape index (κ2) is 6.66. The van der Waals surface area contributed by atoms with E-state index in [4.69, 9.17) is 9.97 Å². The van der Waals surface area contributed by atoms with E-state index in [-0.39, 0.29) is 4.75 Å². The predicted molar refractivity (Wildman–Crippen MR) is 92.0 cm³/mol. The predicted octanol–water partition coefficient (Wildman–Crippen LogP) is 3.98. The second-order valence-electron chi connectivity index (χ2n) is 7.21. The summed E-state index contributed by atoms with van der Waals surface area (Å²) < 4.78 is 0.255. The lowest BCUT2D eigenvalue weighted by atomic mass is 9.98. The van der Waals surface area contributed by atoms with E-state index in [2.05, 4.69) is 46.9 Å². The monoisotopic (exact) mass is 307 g/mol. The molecule has 0 amide bonds. The number of aryl methyl sites for hydroxylation is 2. The summed E-state index contributed by atoms with van der Waals surface area (Å²) >= 11 is 1.90. The highest BCUT2D eigenvalue weighted by Crippen LogP contribution is 2.28. The molecule has 3 nitrogen and oxygen atoms in total. The van der Waals surface area contributed by atoms with Crippen molar-refractivity contribution in [3.63, 3.8) is 0 Å². The zero-order chi connectivity index (χ0) is 15.6. The van der Waals surface area contributed by atoms with Crippen molar-refractivity contribution in [2.75, 3.05) is 6.54 Å². The second-order valence-corrected chi connectivity index (χ2v) is 9.01. The lowest BCUT2D eigenvalue weighted by Crippen LogP contribution is -2.23. The third-order valence-corrected chi connectivity index (χ3v) is 5.06. The van der Waals surface area contributed by atoms with Crippen molar-refractivity contribution in [1.29, 1.82) is 0 Å². The van der Waals surface area contributed by atoms with Crippen molar-refractivity contribution in [2.24, 2.45) is 0 Å². The van der Waals surface area contributed by atoms with Crippen molar-refractivity contribution < 1.29 is 0 Å². The Balaban J connectivity index is 2.04. The van der Waals surface area contributed by atoms with Crippen LogP contribution in [0.2, 0.25) is 0 Å². The number of nitrogens with one attached hydrogen (secondary N) is 1. The van der Waals surface area contributed by atoms with Gasteiger partial charge in [0.15, 0.2) is 0 Å². The molecular weight excluding hydrogens is 278 g/mol. The molecule has 118 valence electrons. The molecule has 0 radical (unpaired) electrons. The maximum atomic E-state index is 4.74. The van der Waals surface area contributed by atoms with Crippen LogP contribution in [0.15, 0.2) is 0 Å². The summed E-state index contributed by atoms with van der Waals surface area (Å²) in [6.07, 6.45) is 2.67. The standard InChI is InChI=1S/C17H29N3S/c1-11(9-18-14-7-8-14)16-12(2)19-15(20-13(16)3)10-21-17(4,5)6/h11,14,18H,7-10H2,1-6H3. The molecule has 1 atom stereocenters. The van der Waals surface area contributed by atoms with Gasteiger partial charge in [0.25, 0.3) is 0 Å². The first-order chi connectivity index (χ1) is 9.76. The molecule has 0 aromatic carbocycles. The fraction of sp³-hybridized carbons (Fsp3) is 0.765. The number of thioether (sulfide) groups is 1. The maximum absolute atomic E-state index is 4.74. The Morgan fingerprint density at radius 1 is 1.19 bits per heavy atom. The lowest BCUT2D eigenvalue weighted by molar-refractivity contribution is 0.602. The topological polar surface area (TPSA) is 37.8 Å². The van der Waals surface area contributed by atoms with E-state index in [1.807, 2.05) is 11.8 Å². The highest BCUT2D eigenvalue weighted by Gasteiger charge is 2.23. The molecule has 1 unspecified atom stereocenters. The number of hydrogen-bond acceptors (Lipinski definition) is 4. The zero-order valence-electron chi connectivity index (χ0n) is 14.3. The first-order valence-corrected chi connectivity index (χ1v) is 8.96. The molecule has 1 fully saturated rings. The van der Waals surface area contributed by atoms with Crippen molar-refractivity contribution in [1.82, 2.24) is 15.3 Å². The van der Waals surface area contributed by atoms with Crippen LogP contribution in [0.4, 0.5) is 0 Å². The Morgan fingerprint density at radius 2 is 1.76 bits per heavy atom. The van der Waals surface area contributed by atoms with Gasteiger partial charge in [-0.15, -0.1) is 11.8 Å². The van der Waals surface area contributed by atoms with Gasteiger partial charge in [0.05, 0.1) is 5.75 Å². The minimum Gasteiger partial charge on any atom is -0.313 e. The van der Waals surface area contributed by atoms with Crippen LogP contribution in [-0.2, 0) is 5.75 Å². The molecule has 1 aliphatic carbocycles. The van der Waals surface area contributed by atoms with E-state index >= 15 is 0 Å². The smallest absolute Gasteiger partial charge is 0.138 e. The summed E-state index contributed by atoms with van der Waals surface area (Å²) in [6.45, 7) is 14.3. The van der Waals surface area contributed by atoms with Gasteiger partial charge in [-0.3, -0.25) is 0 Å². The summed E-state index contributed by atoms with van der Waals surface area (Å²) in [4.78, 5) is 9.48. The molecule has 4 heteroatoms. The zero-order valence-corrected chi connectivity index (χ0v) is 15.1. The van der Waals surface area contributed by atoms with Crippen molar-refractivity contribution in [3.05, 3.63) is 22.8 Å². The molecule has 1 N–H and O–H groups in total. The van der Waals surface area contributed by atoms with E-state index in [0.29, 0.717) is 5.92 Å². The molecule has 1 saturated carbocycles. The first kappa shape index (κ1) is 16.8. The molecule has 1 heterocycles. The molecular formula is C17H29N3S. The van der Waals surface area contributed by atoms with Crippen molar-refractivity contribution >= 4 is 11.8 Å². The van der Waals surface area contributed by atoms with Gasteiger partial charge < -0.3 is 5.32 Å². The number of rotatable bonds is 6. The van der Waals surface area contributed by atoms with Gasteiger partial charge >= 0.3 is 0 Å². The van der Waals surface area contributed by atoms with Crippen LogP contribution in [-0.4, -0.2) is 27.3 Å². The molecule has 2 rings (SSSR count). The molecule has 1 aliphatic rings. The van der Waals surface area contributed by atoms with Crippen LogP contribution >= 0.6 is 11.8 Å². The van der Waals surface area contributed by atoms with Crippen LogP contribution in [0, 0.1) is 13.8 Å². The maximum Gasteiger partial charge on any atom is 0.138 e. The van der Waals surface area contributed by atoms with Gasteiger partial charge in [0.1, 0.15) is 5.82 Å². The van der Waals surface area contributed by atoms with E-state index in [9.17, 15) is 0 Å². The molecule has 0 saturated heterocycles. The SMILES string of the molecule is Cc1nc(CSC(C)(C)C)nc(C)c1C(C)CNC1CC1. The molecule has 0 aliphatic heterocycles. The Morgan fingerprint density at radius 3 is 2.24 bits per heavy atom. The van der Waals surface area contributed by atoms with Crippen LogP contribution in [0.3, 0.4) is 0 Å². The Hall–Kier alpha value is -0.610. The van der Waals surface area contributed by atoms with Crippen LogP contribution in [0.25, 0.3) is 0 Å². The van der Waals surface area contributed by atoms with Gasteiger partial charge in [-0.05, 0) is 38.2 Å². The molecule has 0 spiro atoms. The Kier molecular flexibility index (Phi) is 5.31. The Labute approximate surface area is 133 Å². The fourth-order valence-electron chi connectivity index (χ4n) is 2.59. The van der Waals surface area contributed by atoms with Gasteiger partial charge in [-0.25, -0.2) is 9.97 Å². The van der Waals surface area contributed by atoms with E-state index in [0.717, 1.165) is 35.6 Å². The van der Waals surface area contributed by atoms with Crippen molar-refractivity contribution in [3.8, 4) is 0 Å². The van der Waals surface area contributed by atoms with E-state index in [1.165, 1.54) is 18.4 Å². The normalized spacial score (nSPS) is 17.0. The number of aromatic nitrogens is 2. The molecule has 1 aromatic rings. The summed E-state index contributed by atoms with van der Waals surface area (Å²) in [5.41, 5.74) is 3.63. The largest absolute Gasteiger partial charge is 0.313 e. The first-order valence-electron chi connectivity index (χ1n) is 7.97. The number of hydrogen-bond donors (Lipinski definition) is 1. The van der Waals surface area contributed by atoms with Gasteiger partial charge in [-0.1, -0.05) is 27.7 Å². The van der Waals surface area contributed by atoms with Gasteiger partial charge in [0, 0.05) is 28.7 Å². The summed E-state index contributed by atoms with van der Waals surface area (Å²) in [5, 5.41) is 3.61. The quantitative estimate of drug-likeness (QED) is 0.862. The summed E-state index contributed by atoms with van der Waals surface area (Å²) in [7, 11) is 0. The van der Waals surface area contributed by atoms with E-state index in [1.54, 1.807) is 0 Å². The minimum atomic E-state index is 0.255. The number of nitrogens with zero attached hydrogens (tertiary/aromatic N) is 2. The summed E-state index contributed by atoms with van der Waals surface area (Å²) in [6, 6.07) is 0.761. The molecule has 0 bridgehead atoms. The van der Waals surface area contributed by atoms with Crippen LogP contribution in [0.1, 0.15) is 69.2 Å². The highest BCUT2D eigenvalue weighted by atomic mass is 32.2. The fourth-order valence-corrected chi connectivity index (χ4v) is 3.28.